The molecule has 0 spiro atoms. The summed E-state index contributed by atoms with van der Waals surface area (Å²) in [6, 6.07) is 22.3. The molecule has 0 saturated carbocycles. The summed E-state index contributed by atoms with van der Waals surface area (Å²) in [4.78, 5) is 0. The van der Waals surface area contributed by atoms with E-state index in [-0.39, 0.29) is 0 Å². The summed E-state index contributed by atoms with van der Waals surface area (Å²) < 4.78 is 0. The number of hydrogen-bond donors (Lipinski definition) is 0. The Bertz CT molecular complexity index is 982. The molecule has 0 saturated heterocycles. The van der Waals surface area contributed by atoms with Crippen LogP contribution in [0.2, 0.25) is 0 Å². The number of unbranched alkanes of at least 4 members (excludes halogenated alkanes) is 7. The molecule has 0 fully saturated rings. The minimum Gasteiger partial charge on any atom is -0.0654 e. The van der Waals surface area contributed by atoms with Crippen LogP contribution in [0.1, 0.15) is 93.9 Å². The van der Waals surface area contributed by atoms with E-state index >= 15 is 0 Å². The molecule has 0 bridgehead atoms. The second-order valence-corrected chi connectivity index (χ2v) is 8.82. The molecule has 0 atom stereocenters. The van der Waals surface area contributed by atoms with Gasteiger partial charge in [-0.1, -0.05) is 107 Å². The van der Waals surface area contributed by atoms with E-state index < -0.39 is 0 Å². The van der Waals surface area contributed by atoms with Crippen molar-refractivity contribution in [3.8, 4) is 11.8 Å². The summed E-state index contributed by atoms with van der Waals surface area (Å²) in [6.07, 6.45) is 14.3. The van der Waals surface area contributed by atoms with Gasteiger partial charge in [0, 0.05) is 11.1 Å². The number of aryl methyl sites for hydroxylation is 2. The minimum atomic E-state index is 1.09. The number of hydrogen-bond acceptors (Lipinski definition) is 0. The number of rotatable bonds is 11. The van der Waals surface area contributed by atoms with E-state index in [2.05, 4.69) is 86.4 Å². The van der Waals surface area contributed by atoms with Crippen LogP contribution >= 0.6 is 0 Å². The standard InChI is InChI=1S/C31H38/c1-3-5-7-9-11-13-28-20-22-31-25-29(21-23-30(31)24-28)19-18-27-16-14-26(15-17-27)12-10-8-6-4-2/h14-17,20-25H,3-13H2,1-2H3. The first kappa shape index (κ1) is 23.1. The lowest BCUT2D eigenvalue weighted by atomic mass is 10.0. The summed E-state index contributed by atoms with van der Waals surface area (Å²) in [7, 11) is 0. The fourth-order valence-corrected chi connectivity index (χ4v) is 4.12. The summed E-state index contributed by atoms with van der Waals surface area (Å²) in [5.41, 5.74) is 5.06. The maximum atomic E-state index is 3.35. The first-order valence-corrected chi connectivity index (χ1v) is 12.4. The second kappa shape index (κ2) is 13.0. The summed E-state index contributed by atoms with van der Waals surface area (Å²) in [5, 5.41) is 2.60. The molecular formula is C31H38. The molecule has 0 aliphatic heterocycles. The maximum absolute atomic E-state index is 3.35. The van der Waals surface area contributed by atoms with E-state index in [1.54, 1.807) is 0 Å². The van der Waals surface area contributed by atoms with Gasteiger partial charge in [0.1, 0.15) is 0 Å². The van der Waals surface area contributed by atoms with Crippen LogP contribution in [-0.2, 0) is 12.8 Å². The molecule has 0 unspecified atom stereocenters. The van der Waals surface area contributed by atoms with Crippen LogP contribution in [0.5, 0.6) is 0 Å². The lowest BCUT2D eigenvalue weighted by molar-refractivity contribution is 0.632. The molecule has 3 rings (SSSR count). The molecule has 0 heterocycles. The molecule has 0 aliphatic rings. The molecule has 162 valence electrons. The Morgan fingerprint density at radius 3 is 1.74 bits per heavy atom. The molecule has 0 nitrogen and oxygen atoms in total. The van der Waals surface area contributed by atoms with Crippen LogP contribution in [0.15, 0.2) is 60.7 Å². The average molecular weight is 411 g/mol. The van der Waals surface area contributed by atoms with Crippen molar-refractivity contribution < 1.29 is 0 Å². The van der Waals surface area contributed by atoms with Gasteiger partial charge < -0.3 is 0 Å². The Labute approximate surface area is 190 Å². The fourth-order valence-electron chi connectivity index (χ4n) is 4.12. The molecule has 0 aromatic heterocycles. The van der Waals surface area contributed by atoms with Crippen LogP contribution < -0.4 is 0 Å². The molecule has 3 aromatic rings. The average Bonchev–Trinajstić information content (AvgIpc) is 2.81. The molecular weight excluding hydrogens is 372 g/mol. The largest absolute Gasteiger partial charge is 0.0654 e. The van der Waals surface area contributed by atoms with Crippen molar-refractivity contribution in [1.29, 1.82) is 0 Å². The van der Waals surface area contributed by atoms with Gasteiger partial charge in [-0.15, -0.1) is 0 Å². The predicted octanol–water partition coefficient (Wildman–Crippen LogP) is 8.88. The van der Waals surface area contributed by atoms with Crippen LogP contribution in [0.25, 0.3) is 10.8 Å². The highest BCUT2D eigenvalue weighted by molar-refractivity contribution is 5.84. The quantitative estimate of drug-likeness (QED) is 0.219. The zero-order valence-corrected chi connectivity index (χ0v) is 19.6. The fraction of sp³-hybridized carbons (Fsp3) is 0.419. The van der Waals surface area contributed by atoms with Gasteiger partial charge >= 0.3 is 0 Å². The van der Waals surface area contributed by atoms with E-state index in [1.165, 1.54) is 92.5 Å². The van der Waals surface area contributed by atoms with Crippen molar-refractivity contribution in [3.05, 3.63) is 82.9 Å². The Kier molecular flexibility index (Phi) is 9.72. The van der Waals surface area contributed by atoms with Crippen molar-refractivity contribution in [2.45, 2.75) is 84.5 Å². The lowest BCUT2D eigenvalue weighted by Crippen LogP contribution is -1.87. The van der Waals surface area contributed by atoms with E-state index in [9.17, 15) is 0 Å². The van der Waals surface area contributed by atoms with Gasteiger partial charge in [0.15, 0.2) is 0 Å². The van der Waals surface area contributed by atoms with Gasteiger partial charge in [0.05, 0.1) is 0 Å². The highest BCUT2D eigenvalue weighted by atomic mass is 14.0. The minimum absolute atomic E-state index is 1.09. The van der Waals surface area contributed by atoms with Gasteiger partial charge in [-0.05, 0) is 71.8 Å². The zero-order chi connectivity index (χ0) is 21.7. The monoisotopic (exact) mass is 410 g/mol. The topological polar surface area (TPSA) is 0 Å². The van der Waals surface area contributed by atoms with Crippen molar-refractivity contribution in [2.24, 2.45) is 0 Å². The second-order valence-electron chi connectivity index (χ2n) is 8.82. The normalized spacial score (nSPS) is 10.8. The molecule has 3 aromatic carbocycles. The van der Waals surface area contributed by atoms with Crippen molar-refractivity contribution in [3.63, 3.8) is 0 Å². The zero-order valence-electron chi connectivity index (χ0n) is 19.6. The third kappa shape index (κ3) is 7.91. The van der Waals surface area contributed by atoms with Crippen LogP contribution in [0, 0.1) is 11.8 Å². The van der Waals surface area contributed by atoms with Gasteiger partial charge in [-0.25, -0.2) is 0 Å². The molecule has 0 N–H and O–H groups in total. The smallest absolute Gasteiger partial charge is 0.0255 e. The number of benzene rings is 3. The first-order valence-electron chi connectivity index (χ1n) is 12.4. The Hall–Kier alpha value is -2.52. The van der Waals surface area contributed by atoms with Gasteiger partial charge in [-0.3, -0.25) is 0 Å². The first-order chi connectivity index (χ1) is 15.3. The van der Waals surface area contributed by atoms with E-state index in [0.717, 1.165) is 11.1 Å². The van der Waals surface area contributed by atoms with Crippen molar-refractivity contribution in [2.75, 3.05) is 0 Å². The Balaban J connectivity index is 1.57. The summed E-state index contributed by atoms with van der Waals surface area (Å²) in [5.74, 6) is 6.69. The van der Waals surface area contributed by atoms with E-state index in [4.69, 9.17) is 0 Å². The predicted molar refractivity (Wildman–Crippen MR) is 137 cm³/mol. The van der Waals surface area contributed by atoms with Crippen LogP contribution in [0.3, 0.4) is 0 Å². The SMILES string of the molecule is CCCCCCCc1ccc2cc(C#Cc3ccc(CCCCCC)cc3)ccc2c1. The van der Waals surface area contributed by atoms with Crippen molar-refractivity contribution in [1.82, 2.24) is 0 Å². The molecule has 0 radical (unpaired) electrons. The van der Waals surface area contributed by atoms with E-state index in [0.29, 0.717) is 0 Å². The Morgan fingerprint density at radius 1 is 0.484 bits per heavy atom. The van der Waals surface area contributed by atoms with Crippen LogP contribution in [0.4, 0.5) is 0 Å². The summed E-state index contributed by atoms with van der Waals surface area (Å²) >= 11 is 0. The van der Waals surface area contributed by atoms with Crippen LogP contribution in [-0.4, -0.2) is 0 Å². The summed E-state index contributed by atoms with van der Waals surface area (Å²) in [6.45, 7) is 4.53. The third-order valence-corrected chi connectivity index (χ3v) is 6.10. The molecule has 0 heteroatoms. The van der Waals surface area contributed by atoms with Gasteiger partial charge in [0.25, 0.3) is 0 Å². The van der Waals surface area contributed by atoms with Crippen molar-refractivity contribution >= 4 is 10.8 Å². The maximum Gasteiger partial charge on any atom is 0.0255 e. The lowest BCUT2D eigenvalue weighted by Gasteiger charge is -2.05. The molecule has 31 heavy (non-hydrogen) atoms. The molecule has 0 aliphatic carbocycles. The number of fused-ring (bicyclic) bond motifs is 1. The van der Waals surface area contributed by atoms with E-state index in [1.807, 2.05) is 0 Å². The third-order valence-electron chi connectivity index (χ3n) is 6.10. The van der Waals surface area contributed by atoms with Gasteiger partial charge in [-0.2, -0.15) is 0 Å². The van der Waals surface area contributed by atoms with Gasteiger partial charge in [0.2, 0.25) is 0 Å². The highest BCUT2D eigenvalue weighted by Crippen LogP contribution is 2.19. The molecule has 0 amide bonds. The Morgan fingerprint density at radius 2 is 1.00 bits per heavy atom. The highest BCUT2D eigenvalue weighted by Gasteiger charge is 1.99.